The fraction of sp³-hybridized carbons (Fsp3) is 0.600. The molecule has 1 aromatic heterocycles. The highest BCUT2D eigenvalue weighted by Crippen LogP contribution is 2.29. The number of nitrogens with one attached hydrogen (secondary N) is 1. The van der Waals surface area contributed by atoms with Crippen LogP contribution in [0.2, 0.25) is 0 Å². The number of aryl methyl sites for hydroxylation is 1. The van der Waals surface area contributed by atoms with Gasteiger partial charge in [-0.3, -0.25) is 0 Å². The quantitative estimate of drug-likeness (QED) is 0.613. The zero-order valence-corrected chi connectivity index (χ0v) is 8.02. The maximum Gasteiger partial charge on any atom is 0.0286 e. The first-order valence-electron chi connectivity index (χ1n) is 4.47. The van der Waals surface area contributed by atoms with Gasteiger partial charge in [-0.05, 0) is 11.6 Å². The molecule has 0 saturated heterocycles. The van der Waals surface area contributed by atoms with E-state index in [1.807, 2.05) is 0 Å². The van der Waals surface area contributed by atoms with Crippen LogP contribution in [0.1, 0.15) is 25.1 Å². The lowest BCUT2D eigenvalue weighted by Gasteiger charge is -2.32. The Labute approximate surface area is 73.6 Å². The van der Waals surface area contributed by atoms with Gasteiger partial charge >= 0.3 is 0 Å². The summed E-state index contributed by atoms with van der Waals surface area (Å²) in [5.41, 5.74) is 3.22. The molecule has 2 heteroatoms. The van der Waals surface area contributed by atoms with E-state index in [0.29, 0.717) is 0 Å². The van der Waals surface area contributed by atoms with Gasteiger partial charge in [-0.1, -0.05) is 13.8 Å². The third kappa shape index (κ3) is 0.985. The Morgan fingerprint density at radius 3 is 2.92 bits per heavy atom. The largest absolute Gasteiger partial charge is 0.354 e. The molecule has 2 nitrogen and oxygen atoms in total. The third-order valence-corrected chi connectivity index (χ3v) is 2.68. The molecule has 2 rings (SSSR count). The second-order valence-corrected chi connectivity index (χ2v) is 4.29. The van der Waals surface area contributed by atoms with Gasteiger partial charge in [0, 0.05) is 37.4 Å². The molecule has 0 amide bonds. The maximum absolute atomic E-state index is 3.43. The van der Waals surface area contributed by atoms with Crippen molar-refractivity contribution in [3.63, 3.8) is 0 Å². The molecule has 0 fully saturated rings. The van der Waals surface area contributed by atoms with Gasteiger partial charge in [-0.2, -0.15) is 0 Å². The van der Waals surface area contributed by atoms with Crippen molar-refractivity contribution < 1.29 is 0 Å². The molecule has 2 heterocycles. The van der Waals surface area contributed by atoms with Crippen LogP contribution < -0.4 is 5.32 Å². The van der Waals surface area contributed by atoms with E-state index >= 15 is 0 Å². The lowest BCUT2D eigenvalue weighted by Crippen LogP contribution is -2.39. The summed E-state index contributed by atoms with van der Waals surface area (Å²) in [6.07, 6.45) is 2.15. The molecule has 1 aliphatic heterocycles. The van der Waals surface area contributed by atoms with Gasteiger partial charge in [0.15, 0.2) is 0 Å². The predicted molar refractivity (Wildman–Crippen MR) is 50.1 cm³/mol. The number of hydrogen-bond donors (Lipinski definition) is 1. The molecular weight excluding hydrogens is 148 g/mol. The van der Waals surface area contributed by atoms with E-state index in [-0.39, 0.29) is 5.41 Å². The van der Waals surface area contributed by atoms with E-state index in [1.54, 1.807) is 0 Å². The molecule has 0 atom stereocenters. The van der Waals surface area contributed by atoms with E-state index in [4.69, 9.17) is 0 Å². The van der Waals surface area contributed by atoms with Gasteiger partial charge in [0.2, 0.25) is 0 Å². The molecule has 12 heavy (non-hydrogen) atoms. The summed E-state index contributed by atoms with van der Waals surface area (Å²) in [4.78, 5) is 0. The highest BCUT2D eigenvalue weighted by molar-refractivity contribution is 5.31. The molecule has 0 aromatic carbocycles. The number of nitrogens with zero attached hydrogens (tertiary/aromatic N) is 1. The topological polar surface area (TPSA) is 17.0 Å². The Kier molecular flexibility index (Phi) is 1.55. The van der Waals surface area contributed by atoms with Crippen molar-refractivity contribution in [3.8, 4) is 0 Å². The van der Waals surface area contributed by atoms with Crippen LogP contribution in [0.5, 0.6) is 0 Å². The minimum atomic E-state index is 0.284. The summed E-state index contributed by atoms with van der Waals surface area (Å²) in [6.45, 7) is 6.69. The second kappa shape index (κ2) is 2.36. The van der Waals surface area contributed by atoms with Crippen LogP contribution in [-0.2, 0) is 19.0 Å². The van der Waals surface area contributed by atoms with Crippen LogP contribution in [0, 0.1) is 0 Å². The minimum Gasteiger partial charge on any atom is -0.354 e. The predicted octanol–water partition coefficient (Wildman–Crippen LogP) is 1.41. The van der Waals surface area contributed by atoms with Crippen LogP contribution in [-0.4, -0.2) is 11.1 Å². The lowest BCUT2D eigenvalue weighted by atomic mass is 9.84. The highest BCUT2D eigenvalue weighted by Gasteiger charge is 2.29. The standard InChI is InChI=1S/C10H16N2/c1-10(2)7-11-6-8-4-5-12(3)9(8)10/h4-5,11H,6-7H2,1-3H3. The van der Waals surface area contributed by atoms with E-state index < -0.39 is 0 Å². The summed E-state index contributed by atoms with van der Waals surface area (Å²) < 4.78 is 2.25. The van der Waals surface area contributed by atoms with Gasteiger partial charge in [0.25, 0.3) is 0 Å². The zero-order valence-electron chi connectivity index (χ0n) is 8.02. The van der Waals surface area contributed by atoms with Crippen molar-refractivity contribution in [2.75, 3.05) is 6.54 Å². The smallest absolute Gasteiger partial charge is 0.0286 e. The van der Waals surface area contributed by atoms with Gasteiger partial charge in [-0.15, -0.1) is 0 Å². The SMILES string of the molecule is Cn1ccc2c1C(C)(C)CNC2. The average Bonchev–Trinajstić information content (AvgIpc) is 2.32. The van der Waals surface area contributed by atoms with Crippen LogP contribution in [0.15, 0.2) is 12.3 Å². The van der Waals surface area contributed by atoms with E-state index in [0.717, 1.165) is 13.1 Å². The van der Waals surface area contributed by atoms with Gasteiger partial charge in [-0.25, -0.2) is 0 Å². The summed E-state index contributed by atoms with van der Waals surface area (Å²) in [7, 11) is 2.13. The Morgan fingerprint density at radius 2 is 2.25 bits per heavy atom. The zero-order chi connectivity index (χ0) is 8.77. The summed E-state index contributed by atoms with van der Waals surface area (Å²) >= 11 is 0. The monoisotopic (exact) mass is 164 g/mol. The summed E-state index contributed by atoms with van der Waals surface area (Å²) in [5.74, 6) is 0. The van der Waals surface area contributed by atoms with E-state index in [9.17, 15) is 0 Å². The molecule has 1 aliphatic rings. The molecule has 0 saturated carbocycles. The fourth-order valence-corrected chi connectivity index (χ4v) is 2.23. The Morgan fingerprint density at radius 1 is 1.50 bits per heavy atom. The maximum atomic E-state index is 3.43. The minimum absolute atomic E-state index is 0.284. The molecule has 0 bridgehead atoms. The Hall–Kier alpha value is -0.760. The highest BCUT2D eigenvalue weighted by atomic mass is 15.0. The summed E-state index contributed by atoms with van der Waals surface area (Å²) in [5, 5.41) is 3.43. The van der Waals surface area contributed by atoms with Gasteiger partial charge in [0.1, 0.15) is 0 Å². The van der Waals surface area contributed by atoms with Crippen molar-refractivity contribution in [2.24, 2.45) is 7.05 Å². The average molecular weight is 164 g/mol. The summed E-state index contributed by atoms with van der Waals surface area (Å²) in [6, 6.07) is 2.21. The number of hydrogen-bond acceptors (Lipinski definition) is 1. The molecule has 0 spiro atoms. The van der Waals surface area contributed by atoms with Crippen molar-refractivity contribution in [3.05, 3.63) is 23.5 Å². The molecule has 0 aliphatic carbocycles. The number of fused-ring (bicyclic) bond motifs is 1. The Bertz CT molecular complexity index is 297. The van der Waals surface area contributed by atoms with Crippen LogP contribution in [0.25, 0.3) is 0 Å². The third-order valence-electron chi connectivity index (χ3n) is 2.68. The first-order chi connectivity index (χ1) is 5.61. The van der Waals surface area contributed by atoms with Gasteiger partial charge < -0.3 is 9.88 Å². The normalized spacial score (nSPS) is 20.6. The van der Waals surface area contributed by atoms with Crippen molar-refractivity contribution >= 4 is 0 Å². The molecule has 1 aromatic rings. The van der Waals surface area contributed by atoms with Gasteiger partial charge in [0.05, 0.1) is 0 Å². The fourth-order valence-electron chi connectivity index (χ4n) is 2.23. The van der Waals surface area contributed by atoms with Crippen LogP contribution in [0.4, 0.5) is 0 Å². The number of rotatable bonds is 0. The van der Waals surface area contributed by atoms with Crippen LogP contribution in [0.3, 0.4) is 0 Å². The first kappa shape index (κ1) is 7.87. The Balaban J connectivity index is 2.56. The first-order valence-corrected chi connectivity index (χ1v) is 4.47. The van der Waals surface area contributed by atoms with E-state index in [1.165, 1.54) is 11.3 Å². The molecular formula is C10H16N2. The van der Waals surface area contributed by atoms with Crippen molar-refractivity contribution in [2.45, 2.75) is 25.8 Å². The van der Waals surface area contributed by atoms with E-state index in [2.05, 4.69) is 43.0 Å². The van der Waals surface area contributed by atoms with Crippen molar-refractivity contribution in [1.29, 1.82) is 0 Å². The number of aromatic nitrogens is 1. The second-order valence-electron chi connectivity index (χ2n) is 4.29. The molecule has 0 radical (unpaired) electrons. The van der Waals surface area contributed by atoms with Crippen LogP contribution >= 0.6 is 0 Å². The lowest BCUT2D eigenvalue weighted by molar-refractivity contribution is 0.412. The van der Waals surface area contributed by atoms with Crippen molar-refractivity contribution in [1.82, 2.24) is 9.88 Å². The molecule has 66 valence electrons. The molecule has 1 N–H and O–H groups in total. The molecule has 0 unspecified atom stereocenters.